The number of benzene rings is 1. The Morgan fingerprint density at radius 2 is 1.91 bits per heavy atom. The lowest BCUT2D eigenvalue weighted by Gasteiger charge is -2.10. The number of fused-ring (bicyclic) bond motifs is 1. The van der Waals surface area contributed by atoms with Gasteiger partial charge in [0, 0.05) is 24.2 Å². The fraction of sp³-hybridized carbons (Fsp3) is 0.438. The molecule has 0 saturated carbocycles. The molecule has 0 fully saturated rings. The van der Waals surface area contributed by atoms with Crippen molar-refractivity contribution in [1.82, 2.24) is 15.2 Å². The quantitative estimate of drug-likeness (QED) is 0.766. The van der Waals surface area contributed by atoms with Crippen molar-refractivity contribution in [3.63, 3.8) is 0 Å². The Hall–Kier alpha value is -2.21. The monoisotopic (exact) mass is 305 g/mol. The summed E-state index contributed by atoms with van der Waals surface area (Å²) in [4.78, 5) is 17.5. The van der Waals surface area contributed by atoms with E-state index in [-0.39, 0.29) is 5.91 Å². The maximum atomic E-state index is 12.3. The molecule has 0 aliphatic heterocycles. The molecule has 0 spiro atoms. The highest BCUT2D eigenvalue weighted by atomic mass is 16.5. The second-order valence-corrected chi connectivity index (χ2v) is 5.37. The zero-order valence-electron chi connectivity index (χ0n) is 13.5. The number of rotatable bonds is 7. The van der Waals surface area contributed by atoms with Gasteiger partial charge in [-0.1, -0.05) is 0 Å². The van der Waals surface area contributed by atoms with Crippen LogP contribution < -0.4 is 14.8 Å². The van der Waals surface area contributed by atoms with Gasteiger partial charge in [0.1, 0.15) is 0 Å². The highest BCUT2D eigenvalue weighted by molar-refractivity contribution is 6.07. The van der Waals surface area contributed by atoms with E-state index in [1.54, 1.807) is 20.4 Å². The largest absolute Gasteiger partial charge is 0.493 e. The number of aromatic nitrogens is 1. The zero-order valence-corrected chi connectivity index (χ0v) is 13.5. The lowest BCUT2D eigenvalue weighted by molar-refractivity contribution is 0.0954. The van der Waals surface area contributed by atoms with Crippen molar-refractivity contribution >= 4 is 16.8 Å². The first kappa shape index (κ1) is 16.2. The third kappa shape index (κ3) is 3.51. The lowest BCUT2D eigenvalue weighted by Crippen LogP contribution is -2.26. The van der Waals surface area contributed by atoms with Gasteiger partial charge in [0.15, 0.2) is 11.5 Å². The standard InChI is InChI=1S/C16H23N3O3/c1-19(2)7-5-6-17-16(20)12-10-18-13-9-15(22-4)14(21-3)8-11(12)13/h8-10,18H,5-7H2,1-4H3,(H,17,20). The van der Waals surface area contributed by atoms with Crippen molar-refractivity contribution < 1.29 is 14.3 Å². The third-order valence-electron chi connectivity index (χ3n) is 3.50. The SMILES string of the molecule is COc1cc2[nH]cc(C(=O)NCCCN(C)C)c2cc1OC. The summed E-state index contributed by atoms with van der Waals surface area (Å²) < 4.78 is 10.6. The van der Waals surface area contributed by atoms with Crippen LogP contribution >= 0.6 is 0 Å². The number of nitrogens with zero attached hydrogens (tertiary/aromatic N) is 1. The molecule has 0 atom stereocenters. The molecular weight excluding hydrogens is 282 g/mol. The first-order valence-corrected chi connectivity index (χ1v) is 7.23. The lowest BCUT2D eigenvalue weighted by atomic mass is 10.1. The molecule has 1 heterocycles. The Balaban J connectivity index is 2.15. The van der Waals surface area contributed by atoms with Gasteiger partial charge in [-0.15, -0.1) is 0 Å². The van der Waals surface area contributed by atoms with Crippen molar-refractivity contribution in [3.8, 4) is 11.5 Å². The van der Waals surface area contributed by atoms with E-state index in [0.29, 0.717) is 23.6 Å². The van der Waals surface area contributed by atoms with E-state index in [0.717, 1.165) is 23.9 Å². The molecule has 6 nitrogen and oxygen atoms in total. The first-order chi connectivity index (χ1) is 10.6. The fourth-order valence-corrected chi connectivity index (χ4v) is 2.33. The molecule has 2 rings (SSSR count). The molecule has 22 heavy (non-hydrogen) atoms. The van der Waals surface area contributed by atoms with Crippen molar-refractivity contribution in [2.75, 3.05) is 41.4 Å². The molecule has 0 aliphatic rings. The predicted molar refractivity (Wildman–Crippen MR) is 86.9 cm³/mol. The number of methoxy groups -OCH3 is 2. The Morgan fingerprint density at radius 3 is 2.55 bits per heavy atom. The second kappa shape index (κ2) is 7.17. The van der Waals surface area contributed by atoms with Gasteiger partial charge in [-0.2, -0.15) is 0 Å². The molecule has 0 unspecified atom stereocenters. The van der Waals surface area contributed by atoms with Gasteiger partial charge in [0.05, 0.1) is 25.3 Å². The van der Waals surface area contributed by atoms with Crippen molar-refractivity contribution in [3.05, 3.63) is 23.9 Å². The summed E-state index contributed by atoms with van der Waals surface area (Å²) >= 11 is 0. The zero-order chi connectivity index (χ0) is 16.1. The Bertz CT molecular complexity index is 649. The van der Waals surface area contributed by atoms with Crippen molar-refractivity contribution in [2.45, 2.75) is 6.42 Å². The normalized spacial score (nSPS) is 11.0. The average Bonchev–Trinajstić information content (AvgIpc) is 2.92. The number of H-pyrrole nitrogens is 1. The molecule has 1 aromatic heterocycles. The average molecular weight is 305 g/mol. The molecule has 0 aliphatic carbocycles. The van der Waals surface area contributed by atoms with Gasteiger partial charge in [-0.05, 0) is 33.1 Å². The van der Waals surface area contributed by atoms with E-state index in [9.17, 15) is 4.79 Å². The molecular formula is C16H23N3O3. The van der Waals surface area contributed by atoms with E-state index in [1.807, 2.05) is 26.2 Å². The van der Waals surface area contributed by atoms with Crippen LogP contribution in [-0.4, -0.2) is 57.2 Å². The van der Waals surface area contributed by atoms with Gasteiger partial charge in [0.25, 0.3) is 5.91 Å². The van der Waals surface area contributed by atoms with E-state index in [2.05, 4.69) is 15.2 Å². The molecule has 2 aromatic rings. The van der Waals surface area contributed by atoms with Gasteiger partial charge in [0.2, 0.25) is 0 Å². The van der Waals surface area contributed by atoms with Gasteiger partial charge in [-0.3, -0.25) is 4.79 Å². The fourth-order valence-electron chi connectivity index (χ4n) is 2.33. The number of aromatic amines is 1. The van der Waals surface area contributed by atoms with Crippen LogP contribution in [0.2, 0.25) is 0 Å². The van der Waals surface area contributed by atoms with Crippen LogP contribution in [0.4, 0.5) is 0 Å². The summed E-state index contributed by atoms with van der Waals surface area (Å²) in [6.45, 7) is 1.59. The molecule has 0 radical (unpaired) electrons. The molecule has 0 bridgehead atoms. The van der Waals surface area contributed by atoms with Crippen molar-refractivity contribution in [1.29, 1.82) is 0 Å². The van der Waals surface area contributed by atoms with Crippen LogP contribution in [0.25, 0.3) is 10.9 Å². The number of carbonyl (C=O) groups excluding carboxylic acids is 1. The van der Waals surface area contributed by atoms with Crippen molar-refractivity contribution in [2.24, 2.45) is 0 Å². The van der Waals surface area contributed by atoms with E-state index in [1.165, 1.54) is 0 Å². The molecule has 120 valence electrons. The van der Waals surface area contributed by atoms with Gasteiger partial charge >= 0.3 is 0 Å². The summed E-state index contributed by atoms with van der Waals surface area (Å²) in [5, 5.41) is 3.76. The number of nitrogens with one attached hydrogen (secondary N) is 2. The minimum atomic E-state index is -0.0859. The van der Waals surface area contributed by atoms with Crippen LogP contribution in [0.3, 0.4) is 0 Å². The minimum absolute atomic E-state index is 0.0859. The highest BCUT2D eigenvalue weighted by Crippen LogP contribution is 2.33. The Morgan fingerprint density at radius 1 is 1.23 bits per heavy atom. The second-order valence-electron chi connectivity index (χ2n) is 5.37. The van der Waals surface area contributed by atoms with E-state index >= 15 is 0 Å². The topological polar surface area (TPSA) is 66.6 Å². The van der Waals surface area contributed by atoms with Crippen LogP contribution in [0, 0.1) is 0 Å². The summed E-state index contributed by atoms with van der Waals surface area (Å²) in [6, 6.07) is 3.65. The maximum Gasteiger partial charge on any atom is 0.253 e. The summed E-state index contributed by atoms with van der Waals surface area (Å²) in [5.41, 5.74) is 1.46. The number of amides is 1. The van der Waals surface area contributed by atoms with Crippen LogP contribution in [0.1, 0.15) is 16.8 Å². The smallest absolute Gasteiger partial charge is 0.253 e. The number of hydrogen-bond donors (Lipinski definition) is 2. The van der Waals surface area contributed by atoms with E-state index in [4.69, 9.17) is 9.47 Å². The van der Waals surface area contributed by atoms with Gasteiger partial charge in [-0.25, -0.2) is 0 Å². The summed E-state index contributed by atoms with van der Waals surface area (Å²) in [6.07, 6.45) is 2.63. The number of carbonyl (C=O) groups is 1. The molecule has 0 saturated heterocycles. The third-order valence-corrected chi connectivity index (χ3v) is 3.50. The molecule has 1 amide bonds. The van der Waals surface area contributed by atoms with Crippen LogP contribution in [-0.2, 0) is 0 Å². The first-order valence-electron chi connectivity index (χ1n) is 7.23. The predicted octanol–water partition coefficient (Wildman–Crippen LogP) is 1.87. The Labute approximate surface area is 130 Å². The molecule has 6 heteroatoms. The number of ether oxygens (including phenoxy) is 2. The number of hydrogen-bond acceptors (Lipinski definition) is 4. The molecule has 2 N–H and O–H groups in total. The minimum Gasteiger partial charge on any atom is -0.493 e. The van der Waals surface area contributed by atoms with Crippen LogP contribution in [0.15, 0.2) is 18.3 Å². The van der Waals surface area contributed by atoms with Crippen LogP contribution in [0.5, 0.6) is 11.5 Å². The highest BCUT2D eigenvalue weighted by Gasteiger charge is 2.15. The van der Waals surface area contributed by atoms with Gasteiger partial charge < -0.3 is 24.7 Å². The Kier molecular flexibility index (Phi) is 5.27. The summed E-state index contributed by atoms with van der Waals surface area (Å²) in [7, 11) is 7.20. The summed E-state index contributed by atoms with van der Waals surface area (Å²) in [5.74, 6) is 1.16. The van der Waals surface area contributed by atoms with E-state index < -0.39 is 0 Å². The molecule has 1 aromatic carbocycles. The maximum absolute atomic E-state index is 12.3.